The second kappa shape index (κ2) is 5.09. The minimum Gasteiger partial charge on any atom is -0.468 e. The van der Waals surface area contributed by atoms with Gasteiger partial charge in [-0.25, -0.2) is 9.38 Å². The number of fused-ring (bicyclic) bond motifs is 3. The lowest BCUT2D eigenvalue weighted by Gasteiger charge is -2.16. The summed E-state index contributed by atoms with van der Waals surface area (Å²) in [5.74, 6) is 0. The third-order valence-electron chi connectivity index (χ3n) is 3.91. The van der Waals surface area contributed by atoms with Gasteiger partial charge in [-0.2, -0.15) is 4.98 Å². The van der Waals surface area contributed by atoms with Gasteiger partial charge in [-0.15, -0.1) is 10.2 Å². The fourth-order valence-corrected chi connectivity index (χ4v) is 2.74. The Kier molecular flexibility index (Phi) is 3.16. The average molecular weight is 322 g/mol. The maximum absolute atomic E-state index is 10.2. The summed E-state index contributed by atoms with van der Waals surface area (Å²) >= 11 is 0. The largest absolute Gasteiger partial charge is 0.468 e. The van der Waals surface area contributed by atoms with Crippen LogP contribution >= 0.6 is 0 Å². The van der Waals surface area contributed by atoms with Gasteiger partial charge in [0.05, 0.1) is 20.0 Å². The molecule has 3 N–H and O–H groups in total. The molecule has 0 amide bonds. The molecule has 1 aliphatic rings. The molecule has 4 atom stereocenters. The molecule has 1 fully saturated rings. The number of rotatable bonds is 3. The predicted octanol–water partition coefficient (Wildman–Crippen LogP) is -1.91. The Balaban J connectivity index is 1.88. The maximum Gasteiger partial charge on any atom is 0.305 e. The van der Waals surface area contributed by atoms with E-state index in [9.17, 15) is 15.3 Å². The minimum absolute atomic E-state index is 0.242. The molecule has 0 aromatic carbocycles. The highest BCUT2D eigenvalue weighted by Gasteiger charge is 2.44. The third kappa shape index (κ3) is 1.91. The molecule has 4 rings (SSSR count). The molecule has 1 saturated heterocycles. The van der Waals surface area contributed by atoms with Crippen LogP contribution in [0.2, 0.25) is 0 Å². The first kappa shape index (κ1) is 14.3. The number of aliphatic hydroxyl groups is 3. The monoisotopic (exact) mass is 322 g/mol. The molecule has 0 unspecified atom stereocenters. The number of aliphatic hydroxyl groups excluding tert-OH is 3. The molecule has 1 aliphatic heterocycles. The van der Waals surface area contributed by atoms with Gasteiger partial charge in [0, 0.05) is 0 Å². The minimum atomic E-state index is -1.23. The molecular formula is C12H14N6O5. The van der Waals surface area contributed by atoms with E-state index < -0.39 is 31.1 Å². The molecule has 4 heterocycles. The van der Waals surface area contributed by atoms with Crippen LogP contribution in [0.4, 0.5) is 0 Å². The molecule has 0 bridgehead atoms. The molecule has 3 aromatic heterocycles. The Morgan fingerprint density at radius 3 is 2.78 bits per heavy atom. The van der Waals surface area contributed by atoms with E-state index >= 15 is 0 Å². The molecule has 0 saturated carbocycles. The number of aromatic nitrogens is 6. The zero-order valence-corrected chi connectivity index (χ0v) is 12.0. The van der Waals surface area contributed by atoms with Crippen molar-refractivity contribution in [3.63, 3.8) is 0 Å². The van der Waals surface area contributed by atoms with Gasteiger partial charge in [0.2, 0.25) is 0 Å². The van der Waals surface area contributed by atoms with Crippen molar-refractivity contribution in [2.75, 3.05) is 13.7 Å². The van der Waals surface area contributed by atoms with E-state index in [4.69, 9.17) is 9.47 Å². The van der Waals surface area contributed by atoms with Gasteiger partial charge in [0.15, 0.2) is 23.0 Å². The second-order valence-electron chi connectivity index (χ2n) is 5.18. The maximum atomic E-state index is 10.2. The van der Waals surface area contributed by atoms with Crippen molar-refractivity contribution in [2.24, 2.45) is 0 Å². The first-order valence-electron chi connectivity index (χ1n) is 6.88. The zero-order valence-electron chi connectivity index (χ0n) is 12.0. The Morgan fingerprint density at radius 1 is 1.26 bits per heavy atom. The van der Waals surface area contributed by atoms with Gasteiger partial charge >= 0.3 is 6.01 Å². The highest BCUT2D eigenvalue weighted by atomic mass is 16.6. The molecule has 3 aromatic rings. The first-order valence-corrected chi connectivity index (χ1v) is 6.88. The molecule has 0 aliphatic carbocycles. The van der Waals surface area contributed by atoms with E-state index in [0.29, 0.717) is 16.8 Å². The van der Waals surface area contributed by atoms with Gasteiger partial charge in [-0.05, 0) is 0 Å². The van der Waals surface area contributed by atoms with Crippen LogP contribution < -0.4 is 4.74 Å². The van der Waals surface area contributed by atoms with Crippen LogP contribution in [0.25, 0.3) is 16.8 Å². The van der Waals surface area contributed by atoms with E-state index in [1.807, 2.05) is 0 Å². The fourth-order valence-electron chi connectivity index (χ4n) is 2.74. The van der Waals surface area contributed by atoms with E-state index in [0.717, 1.165) is 0 Å². The average Bonchev–Trinajstić information content (AvgIpc) is 3.25. The number of nitrogens with zero attached hydrogens (tertiary/aromatic N) is 6. The van der Waals surface area contributed by atoms with E-state index in [1.165, 1.54) is 28.7 Å². The number of ether oxygens (including phenoxy) is 2. The Labute approximate surface area is 128 Å². The summed E-state index contributed by atoms with van der Waals surface area (Å²) in [6.45, 7) is -0.410. The number of hydrogen-bond acceptors (Lipinski definition) is 9. The standard InChI is InChI=1S/C12H14N6O5/c1-22-12-15-9-6(10-16-14-4-18(10)12)13-3-17(9)11-8(21)7(20)5(2-19)23-11/h3-5,7-8,11,19-21H,2H2,1H3/t5-,7-,8-,11-/m1/s1. The van der Waals surface area contributed by atoms with Crippen molar-refractivity contribution in [3.8, 4) is 6.01 Å². The van der Waals surface area contributed by atoms with E-state index in [2.05, 4.69) is 20.2 Å². The predicted molar refractivity (Wildman–Crippen MR) is 73.6 cm³/mol. The highest BCUT2D eigenvalue weighted by molar-refractivity contribution is 5.85. The Bertz CT molecular complexity index is 862. The second-order valence-corrected chi connectivity index (χ2v) is 5.18. The topological polar surface area (TPSA) is 140 Å². The number of imidazole rings is 1. The zero-order chi connectivity index (χ0) is 16.1. The van der Waals surface area contributed by atoms with Gasteiger partial charge in [0.1, 0.15) is 24.6 Å². The number of hydrogen-bond donors (Lipinski definition) is 3. The van der Waals surface area contributed by atoms with Gasteiger partial charge in [-0.1, -0.05) is 0 Å². The van der Waals surface area contributed by atoms with Crippen LogP contribution in [0.3, 0.4) is 0 Å². The van der Waals surface area contributed by atoms with Crippen LogP contribution in [0.5, 0.6) is 6.01 Å². The highest BCUT2D eigenvalue weighted by Crippen LogP contribution is 2.32. The van der Waals surface area contributed by atoms with Crippen molar-refractivity contribution in [1.29, 1.82) is 0 Å². The quantitative estimate of drug-likeness (QED) is 0.504. The molecule has 122 valence electrons. The van der Waals surface area contributed by atoms with Crippen LogP contribution in [0, 0.1) is 0 Å². The molecule has 0 radical (unpaired) electrons. The van der Waals surface area contributed by atoms with Gasteiger partial charge in [0.25, 0.3) is 0 Å². The summed E-state index contributed by atoms with van der Waals surface area (Å²) in [5.41, 5.74) is 1.25. The smallest absolute Gasteiger partial charge is 0.305 e. The van der Waals surface area contributed by atoms with Crippen molar-refractivity contribution in [3.05, 3.63) is 12.7 Å². The lowest BCUT2D eigenvalue weighted by molar-refractivity contribution is -0.0511. The Morgan fingerprint density at radius 2 is 2.09 bits per heavy atom. The summed E-state index contributed by atoms with van der Waals surface area (Å²) in [7, 11) is 1.46. The Hall–Kier alpha value is -2.34. The molecule has 0 spiro atoms. The van der Waals surface area contributed by atoms with Crippen LogP contribution in [-0.4, -0.2) is 76.5 Å². The summed E-state index contributed by atoms with van der Waals surface area (Å²) in [4.78, 5) is 8.57. The first-order chi connectivity index (χ1) is 11.2. The molecule has 11 heteroatoms. The van der Waals surface area contributed by atoms with Crippen LogP contribution in [-0.2, 0) is 4.74 Å². The van der Waals surface area contributed by atoms with Crippen LogP contribution in [0.15, 0.2) is 12.7 Å². The van der Waals surface area contributed by atoms with E-state index in [1.54, 1.807) is 0 Å². The normalized spacial score (nSPS) is 28.0. The number of methoxy groups -OCH3 is 1. The SMILES string of the molecule is COc1nc2c(ncn2[C@@H]2O[C@H](CO)[C@@H](O)[C@H]2O)c2nncn12. The molecular weight excluding hydrogens is 308 g/mol. The van der Waals surface area contributed by atoms with Crippen molar-refractivity contribution < 1.29 is 24.8 Å². The summed E-state index contributed by atoms with van der Waals surface area (Å²) in [6, 6.07) is 0.242. The summed E-state index contributed by atoms with van der Waals surface area (Å²) in [5, 5.41) is 37.1. The third-order valence-corrected chi connectivity index (χ3v) is 3.91. The lowest BCUT2D eigenvalue weighted by atomic mass is 10.1. The van der Waals surface area contributed by atoms with Crippen LogP contribution in [0.1, 0.15) is 6.23 Å². The van der Waals surface area contributed by atoms with Gasteiger partial charge in [-0.3, -0.25) is 4.57 Å². The lowest BCUT2D eigenvalue weighted by Crippen LogP contribution is -2.33. The molecule has 23 heavy (non-hydrogen) atoms. The molecule has 11 nitrogen and oxygen atoms in total. The summed E-state index contributed by atoms with van der Waals surface area (Å²) in [6.07, 6.45) is -1.38. The fraction of sp³-hybridized carbons (Fsp3) is 0.500. The van der Waals surface area contributed by atoms with Crippen molar-refractivity contribution in [2.45, 2.75) is 24.5 Å². The van der Waals surface area contributed by atoms with Crippen molar-refractivity contribution in [1.82, 2.24) is 29.1 Å². The van der Waals surface area contributed by atoms with Crippen molar-refractivity contribution >= 4 is 16.8 Å². The van der Waals surface area contributed by atoms with Gasteiger partial charge < -0.3 is 24.8 Å². The van der Waals surface area contributed by atoms with E-state index in [-0.39, 0.29) is 6.01 Å². The summed E-state index contributed by atoms with van der Waals surface area (Å²) < 4.78 is 13.7.